The molecular formula is C9H18NO4PS2. The van der Waals surface area contributed by atoms with Crippen LogP contribution in [0.5, 0.6) is 0 Å². The van der Waals surface area contributed by atoms with Crippen LogP contribution in [-0.2, 0) is 25.6 Å². The normalized spacial score (nSPS) is 13.2. The third kappa shape index (κ3) is 5.88. The number of hydrogen-bond donors (Lipinski definition) is 2. The summed E-state index contributed by atoms with van der Waals surface area (Å²) in [5, 5.41) is 11.9. The number of carbonyl (C=O) groups is 1. The van der Waals surface area contributed by atoms with Crippen molar-refractivity contribution in [2.24, 2.45) is 0 Å². The highest BCUT2D eigenvalue weighted by atomic mass is 32.9. The van der Waals surface area contributed by atoms with Gasteiger partial charge in [0.05, 0.1) is 13.2 Å². The van der Waals surface area contributed by atoms with Gasteiger partial charge < -0.3 is 19.5 Å². The number of nitrogens with one attached hydrogen (secondary N) is 1. The van der Waals surface area contributed by atoms with Gasteiger partial charge >= 0.3 is 0 Å². The van der Waals surface area contributed by atoms with E-state index in [9.17, 15) is 9.90 Å². The number of allylic oxidation sites excluding steroid dienone is 1. The monoisotopic (exact) mass is 299 g/mol. The molecule has 0 atom stereocenters. The van der Waals surface area contributed by atoms with Gasteiger partial charge in [-0.2, -0.15) is 0 Å². The highest BCUT2D eigenvalue weighted by Crippen LogP contribution is 2.64. The van der Waals surface area contributed by atoms with Gasteiger partial charge in [-0.3, -0.25) is 4.79 Å². The maximum Gasteiger partial charge on any atom is 0.261 e. The number of aliphatic hydroxyl groups excluding tert-OH is 1. The van der Waals surface area contributed by atoms with E-state index in [1.54, 1.807) is 13.8 Å². The molecule has 0 aliphatic rings. The van der Waals surface area contributed by atoms with Crippen molar-refractivity contribution in [3.63, 3.8) is 0 Å². The zero-order valence-corrected chi connectivity index (χ0v) is 12.9. The minimum Gasteiger partial charge on any atom is -0.511 e. The molecule has 0 unspecified atom stereocenters. The van der Waals surface area contributed by atoms with Gasteiger partial charge in [0.1, 0.15) is 10.7 Å². The molecule has 0 saturated carbocycles. The molecule has 0 bridgehead atoms. The molecule has 0 radical (unpaired) electrons. The molecule has 0 aromatic rings. The molecule has 0 aromatic heterocycles. The lowest BCUT2D eigenvalue weighted by atomic mass is 10.4. The van der Waals surface area contributed by atoms with E-state index in [2.05, 4.69) is 5.32 Å². The SMILES string of the molecule is CCOP(=S)(OCC)SC(C(=O)NC)=C(C)O. The van der Waals surface area contributed by atoms with Crippen molar-refractivity contribution in [2.45, 2.75) is 20.8 Å². The van der Waals surface area contributed by atoms with Crippen molar-refractivity contribution in [2.75, 3.05) is 20.3 Å². The topological polar surface area (TPSA) is 67.8 Å². The average Bonchev–Trinajstić information content (AvgIpc) is 2.25. The molecule has 0 saturated heterocycles. The van der Waals surface area contributed by atoms with Crippen molar-refractivity contribution in [1.29, 1.82) is 0 Å². The second-order valence-electron chi connectivity index (χ2n) is 2.87. The highest BCUT2D eigenvalue weighted by molar-refractivity contribution is 8.69. The first-order chi connectivity index (χ1) is 7.90. The smallest absolute Gasteiger partial charge is 0.261 e. The number of hydrogen-bond acceptors (Lipinski definition) is 6. The largest absolute Gasteiger partial charge is 0.511 e. The Bertz CT molecular complexity index is 332. The van der Waals surface area contributed by atoms with E-state index in [-0.39, 0.29) is 10.7 Å². The molecule has 0 rings (SSSR count). The molecule has 1 amide bonds. The summed E-state index contributed by atoms with van der Waals surface area (Å²) in [7, 11) is 1.48. The number of aliphatic hydroxyl groups is 1. The first-order valence-corrected chi connectivity index (χ1v) is 9.16. The molecule has 0 aliphatic heterocycles. The fourth-order valence-electron chi connectivity index (χ4n) is 0.903. The zero-order valence-electron chi connectivity index (χ0n) is 10.3. The molecule has 0 heterocycles. The van der Waals surface area contributed by atoms with Gasteiger partial charge in [0.2, 0.25) is 0 Å². The summed E-state index contributed by atoms with van der Waals surface area (Å²) < 4.78 is 10.8. The number of likely N-dealkylation sites (N-methyl/N-ethyl adjacent to an activating group) is 1. The van der Waals surface area contributed by atoms with Crippen LogP contribution in [0.3, 0.4) is 0 Å². The molecule has 17 heavy (non-hydrogen) atoms. The third-order valence-electron chi connectivity index (χ3n) is 1.54. The number of amides is 1. The van der Waals surface area contributed by atoms with Gasteiger partial charge in [0.15, 0.2) is 0 Å². The Balaban J connectivity index is 5.02. The number of carbonyl (C=O) groups excluding carboxylic acids is 1. The predicted octanol–water partition coefficient (Wildman–Crippen LogP) is 2.55. The molecule has 5 nitrogen and oxygen atoms in total. The Morgan fingerprint density at radius 3 is 2.18 bits per heavy atom. The Labute approximate surface area is 111 Å². The van der Waals surface area contributed by atoms with Gasteiger partial charge in [-0.1, -0.05) is 0 Å². The standard InChI is InChI=1S/C9H18NO4PS2/c1-5-13-15(16,14-6-2)17-8(7(3)11)9(12)10-4/h11H,5-6H2,1-4H3,(H,10,12). The summed E-state index contributed by atoms with van der Waals surface area (Å²) in [6, 6.07) is 0. The second kappa shape index (κ2) is 8.11. The minimum atomic E-state index is -2.63. The lowest BCUT2D eigenvalue weighted by Gasteiger charge is -2.20. The Hall–Kier alpha value is -0.0700. The van der Waals surface area contributed by atoms with Crippen LogP contribution in [0, 0.1) is 0 Å². The van der Waals surface area contributed by atoms with Crippen LogP contribution in [0.2, 0.25) is 0 Å². The molecular weight excluding hydrogens is 281 g/mol. The molecule has 100 valence electrons. The first-order valence-electron chi connectivity index (χ1n) is 5.10. The van der Waals surface area contributed by atoms with E-state index in [0.717, 1.165) is 11.4 Å². The van der Waals surface area contributed by atoms with Crippen molar-refractivity contribution in [1.82, 2.24) is 5.32 Å². The highest BCUT2D eigenvalue weighted by Gasteiger charge is 2.26. The van der Waals surface area contributed by atoms with Crippen LogP contribution >= 0.6 is 17.1 Å². The molecule has 8 heteroatoms. The molecule has 0 aromatic carbocycles. The van der Waals surface area contributed by atoms with E-state index in [1.807, 2.05) is 0 Å². The van der Waals surface area contributed by atoms with Gasteiger partial charge in [0.25, 0.3) is 11.6 Å². The van der Waals surface area contributed by atoms with Crippen molar-refractivity contribution >= 4 is 34.8 Å². The molecule has 0 aliphatic carbocycles. The van der Waals surface area contributed by atoms with E-state index in [4.69, 9.17) is 20.9 Å². The Morgan fingerprint density at radius 1 is 1.41 bits per heavy atom. The summed E-state index contributed by atoms with van der Waals surface area (Å²) in [6.07, 6.45) is 0. The van der Waals surface area contributed by atoms with Gasteiger partial charge in [0, 0.05) is 7.05 Å². The summed E-state index contributed by atoms with van der Waals surface area (Å²) >= 11 is 6.25. The molecule has 2 N–H and O–H groups in total. The first kappa shape index (κ1) is 16.9. The van der Waals surface area contributed by atoms with Crippen LogP contribution in [0.1, 0.15) is 20.8 Å². The van der Waals surface area contributed by atoms with Crippen LogP contribution in [0.15, 0.2) is 10.7 Å². The Morgan fingerprint density at radius 2 is 1.88 bits per heavy atom. The van der Waals surface area contributed by atoms with E-state index >= 15 is 0 Å². The van der Waals surface area contributed by atoms with Gasteiger partial charge in [-0.15, -0.1) is 0 Å². The maximum atomic E-state index is 11.6. The van der Waals surface area contributed by atoms with E-state index in [0.29, 0.717) is 13.2 Å². The fourth-order valence-corrected chi connectivity index (χ4v) is 5.82. The summed E-state index contributed by atoms with van der Waals surface area (Å²) in [4.78, 5) is 11.7. The lowest BCUT2D eigenvalue weighted by molar-refractivity contribution is -0.116. The lowest BCUT2D eigenvalue weighted by Crippen LogP contribution is -2.19. The molecule has 0 fully saturated rings. The minimum absolute atomic E-state index is 0.0945. The fraction of sp³-hybridized carbons (Fsp3) is 0.667. The van der Waals surface area contributed by atoms with E-state index in [1.165, 1.54) is 14.0 Å². The molecule has 0 spiro atoms. The summed E-state index contributed by atoms with van der Waals surface area (Å²) in [6.45, 7) is 5.83. The maximum absolute atomic E-state index is 11.6. The van der Waals surface area contributed by atoms with E-state index < -0.39 is 11.6 Å². The quantitative estimate of drug-likeness (QED) is 0.428. The van der Waals surface area contributed by atoms with Crippen molar-refractivity contribution in [3.05, 3.63) is 10.7 Å². The van der Waals surface area contributed by atoms with Crippen LogP contribution < -0.4 is 5.32 Å². The van der Waals surface area contributed by atoms with Crippen LogP contribution in [-0.4, -0.2) is 31.3 Å². The summed E-state index contributed by atoms with van der Waals surface area (Å²) in [5.74, 6) is -0.494. The van der Waals surface area contributed by atoms with Crippen molar-refractivity contribution in [3.8, 4) is 0 Å². The van der Waals surface area contributed by atoms with Gasteiger partial charge in [-0.05, 0) is 44.0 Å². The van der Waals surface area contributed by atoms with Crippen LogP contribution in [0.25, 0.3) is 0 Å². The predicted molar refractivity (Wildman–Crippen MR) is 74.5 cm³/mol. The average molecular weight is 299 g/mol. The van der Waals surface area contributed by atoms with Crippen molar-refractivity contribution < 1.29 is 18.9 Å². The summed E-state index contributed by atoms with van der Waals surface area (Å²) in [5.41, 5.74) is -2.63. The Kier molecular flexibility index (Phi) is 8.07. The number of rotatable bonds is 7. The third-order valence-corrected chi connectivity index (χ3v) is 6.73. The van der Waals surface area contributed by atoms with Crippen LogP contribution in [0.4, 0.5) is 0 Å². The van der Waals surface area contributed by atoms with Gasteiger partial charge in [-0.25, -0.2) is 0 Å². The zero-order chi connectivity index (χ0) is 13.5. The second-order valence-corrected chi connectivity index (χ2v) is 8.99.